The first kappa shape index (κ1) is 17.5. The summed E-state index contributed by atoms with van der Waals surface area (Å²) in [6.45, 7) is 1.95. The number of hydrogen-bond donors (Lipinski definition) is 2. The number of hydrogen-bond acceptors (Lipinski definition) is 3. The van der Waals surface area contributed by atoms with E-state index in [0.29, 0.717) is 10.7 Å². The molecule has 1 aliphatic rings. The third kappa shape index (κ3) is 4.86. The molecule has 0 saturated heterocycles. The first-order valence-electron chi connectivity index (χ1n) is 8.52. The number of nitrogens with zero attached hydrogens (tertiary/aromatic N) is 1. The van der Waals surface area contributed by atoms with Gasteiger partial charge in [0.1, 0.15) is 5.75 Å². The molecule has 6 heteroatoms. The summed E-state index contributed by atoms with van der Waals surface area (Å²) in [7, 11) is 0. The van der Waals surface area contributed by atoms with Gasteiger partial charge in [0.2, 0.25) is 0 Å². The van der Waals surface area contributed by atoms with E-state index in [1.807, 2.05) is 31.2 Å². The van der Waals surface area contributed by atoms with Crippen LogP contribution in [0.2, 0.25) is 5.02 Å². The van der Waals surface area contributed by atoms with Crippen LogP contribution in [0.25, 0.3) is 0 Å². The fraction of sp³-hybridized carbons (Fsp3) is 0.368. The predicted octanol–water partition coefficient (Wildman–Crippen LogP) is 4.56. The molecule has 0 unspecified atom stereocenters. The zero-order valence-electron chi connectivity index (χ0n) is 14.2. The molecular weight excluding hydrogens is 338 g/mol. The lowest BCUT2D eigenvalue weighted by atomic mass is 9.93. The number of aryl methyl sites for hydroxylation is 1. The smallest absolute Gasteiger partial charge is 0.319 e. The Morgan fingerprint density at radius 3 is 2.64 bits per heavy atom. The quantitative estimate of drug-likeness (QED) is 0.841. The number of benzene rings is 1. The molecule has 1 saturated carbocycles. The molecule has 132 valence electrons. The van der Waals surface area contributed by atoms with Gasteiger partial charge >= 0.3 is 6.03 Å². The third-order valence-corrected chi connectivity index (χ3v) is 4.71. The molecule has 2 aromatic rings. The fourth-order valence-corrected chi connectivity index (χ4v) is 3.19. The van der Waals surface area contributed by atoms with Crippen molar-refractivity contribution in [3.63, 3.8) is 0 Å². The Morgan fingerprint density at radius 2 is 1.92 bits per heavy atom. The van der Waals surface area contributed by atoms with E-state index < -0.39 is 0 Å². The first-order valence-corrected chi connectivity index (χ1v) is 8.90. The molecule has 2 amide bonds. The van der Waals surface area contributed by atoms with Crippen LogP contribution in [-0.2, 0) is 0 Å². The summed E-state index contributed by atoms with van der Waals surface area (Å²) < 4.78 is 6.04. The van der Waals surface area contributed by atoms with Crippen molar-refractivity contribution >= 4 is 23.3 Å². The van der Waals surface area contributed by atoms with Crippen molar-refractivity contribution < 1.29 is 9.53 Å². The number of halogens is 1. The van der Waals surface area contributed by atoms with E-state index in [1.165, 1.54) is 0 Å². The number of carbonyl (C=O) groups excluding carboxylic acids is 1. The molecule has 3 rings (SSSR count). The van der Waals surface area contributed by atoms with Gasteiger partial charge < -0.3 is 15.4 Å². The van der Waals surface area contributed by atoms with Crippen molar-refractivity contribution in [3.8, 4) is 5.75 Å². The lowest BCUT2D eigenvalue weighted by molar-refractivity contribution is 0.139. The summed E-state index contributed by atoms with van der Waals surface area (Å²) in [5.74, 6) is 0.843. The zero-order valence-corrected chi connectivity index (χ0v) is 14.9. The molecule has 5 nitrogen and oxygen atoms in total. The van der Waals surface area contributed by atoms with E-state index in [1.54, 1.807) is 18.3 Å². The van der Waals surface area contributed by atoms with Gasteiger partial charge in [0.15, 0.2) is 0 Å². The van der Waals surface area contributed by atoms with Crippen LogP contribution in [0.15, 0.2) is 42.6 Å². The maximum atomic E-state index is 12.1. The van der Waals surface area contributed by atoms with Gasteiger partial charge in [-0.3, -0.25) is 4.98 Å². The minimum absolute atomic E-state index is 0.150. The van der Waals surface area contributed by atoms with Crippen molar-refractivity contribution in [1.29, 1.82) is 0 Å². The lowest BCUT2D eigenvalue weighted by Gasteiger charge is -2.29. The third-order valence-electron chi connectivity index (χ3n) is 4.38. The average molecular weight is 360 g/mol. The van der Waals surface area contributed by atoms with Crippen LogP contribution >= 0.6 is 11.6 Å². The van der Waals surface area contributed by atoms with Crippen LogP contribution in [-0.4, -0.2) is 23.2 Å². The number of amides is 2. The standard InChI is InChI=1S/C19H22ClN3O2/c1-13-18(7-4-12-21-13)25-15-10-8-14(9-11-15)22-19(24)23-17-6-3-2-5-16(17)20/h2-7,12,14-15H,8-11H2,1H3,(H2,22,23,24). The van der Waals surface area contributed by atoms with Crippen molar-refractivity contribution in [2.24, 2.45) is 0 Å². The molecule has 0 atom stereocenters. The van der Waals surface area contributed by atoms with E-state index in [2.05, 4.69) is 15.6 Å². The number of nitrogens with one attached hydrogen (secondary N) is 2. The van der Waals surface area contributed by atoms with Gasteiger partial charge in [0, 0.05) is 12.2 Å². The van der Waals surface area contributed by atoms with Gasteiger partial charge in [-0.2, -0.15) is 0 Å². The molecule has 1 aliphatic carbocycles. The summed E-state index contributed by atoms with van der Waals surface area (Å²) >= 11 is 6.06. The Balaban J connectivity index is 1.45. The Bertz CT molecular complexity index is 730. The molecule has 1 aromatic heterocycles. The van der Waals surface area contributed by atoms with Crippen LogP contribution in [0.5, 0.6) is 5.75 Å². The maximum absolute atomic E-state index is 12.1. The zero-order chi connectivity index (χ0) is 17.6. The van der Waals surface area contributed by atoms with Gasteiger partial charge in [-0.05, 0) is 56.9 Å². The predicted molar refractivity (Wildman–Crippen MR) is 99.3 cm³/mol. The monoisotopic (exact) mass is 359 g/mol. The summed E-state index contributed by atoms with van der Waals surface area (Å²) in [6, 6.07) is 11.0. The lowest BCUT2D eigenvalue weighted by Crippen LogP contribution is -2.41. The van der Waals surface area contributed by atoms with Crippen molar-refractivity contribution in [2.75, 3.05) is 5.32 Å². The maximum Gasteiger partial charge on any atom is 0.319 e. The second kappa shape index (κ2) is 8.21. The Morgan fingerprint density at radius 1 is 1.16 bits per heavy atom. The van der Waals surface area contributed by atoms with Crippen molar-refractivity contribution in [1.82, 2.24) is 10.3 Å². The summed E-state index contributed by atoms with van der Waals surface area (Å²) in [6.07, 6.45) is 5.53. The SMILES string of the molecule is Cc1ncccc1OC1CCC(NC(=O)Nc2ccccc2Cl)CC1. The topological polar surface area (TPSA) is 63.2 Å². The highest BCUT2D eigenvalue weighted by Crippen LogP contribution is 2.25. The molecule has 0 radical (unpaired) electrons. The molecule has 1 aromatic carbocycles. The van der Waals surface area contributed by atoms with E-state index >= 15 is 0 Å². The fourth-order valence-electron chi connectivity index (χ4n) is 3.00. The second-order valence-electron chi connectivity index (χ2n) is 6.26. The number of urea groups is 1. The minimum Gasteiger partial charge on any atom is -0.489 e. The van der Waals surface area contributed by atoms with Gasteiger partial charge in [-0.1, -0.05) is 23.7 Å². The summed E-state index contributed by atoms with van der Waals surface area (Å²) in [4.78, 5) is 16.4. The minimum atomic E-state index is -0.222. The number of ether oxygens (including phenoxy) is 1. The van der Waals surface area contributed by atoms with Crippen LogP contribution < -0.4 is 15.4 Å². The molecule has 0 aliphatic heterocycles. The van der Waals surface area contributed by atoms with Crippen LogP contribution in [0, 0.1) is 6.92 Å². The molecular formula is C19H22ClN3O2. The highest BCUT2D eigenvalue weighted by atomic mass is 35.5. The molecule has 0 bridgehead atoms. The van der Waals surface area contributed by atoms with Crippen LogP contribution in [0.3, 0.4) is 0 Å². The Kier molecular flexibility index (Phi) is 5.76. The first-order chi connectivity index (χ1) is 12.1. The molecule has 1 fully saturated rings. The molecule has 0 spiro atoms. The van der Waals surface area contributed by atoms with Crippen LogP contribution in [0.4, 0.5) is 10.5 Å². The summed E-state index contributed by atoms with van der Waals surface area (Å²) in [5, 5.41) is 6.34. The van der Waals surface area contributed by atoms with E-state index in [0.717, 1.165) is 37.1 Å². The number of pyridine rings is 1. The number of aromatic nitrogens is 1. The van der Waals surface area contributed by atoms with Gasteiger partial charge in [0.25, 0.3) is 0 Å². The number of rotatable bonds is 4. The van der Waals surface area contributed by atoms with E-state index in [-0.39, 0.29) is 18.2 Å². The molecule has 1 heterocycles. The highest BCUT2D eigenvalue weighted by molar-refractivity contribution is 6.33. The molecule has 2 N–H and O–H groups in total. The van der Waals surface area contributed by atoms with Crippen LogP contribution in [0.1, 0.15) is 31.4 Å². The Hall–Kier alpha value is -2.27. The Labute approximate surface area is 152 Å². The summed E-state index contributed by atoms with van der Waals surface area (Å²) in [5.41, 5.74) is 1.52. The van der Waals surface area contributed by atoms with E-state index in [9.17, 15) is 4.79 Å². The van der Waals surface area contributed by atoms with Gasteiger partial charge in [-0.25, -0.2) is 4.79 Å². The van der Waals surface area contributed by atoms with Gasteiger partial charge in [0.05, 0.1) is 22.5 Å². The average Bonchev–Trinajstić information content (AvgIpc) is 2.61. The van der Waals surface area contributed by atoms with Gasteiger partial charge in [-0.15, -0.1) is 0 Å². The van der Waals surface area contributed by atoms with E-state index in [4.69, 9.17) is 16.3 Å². The number of anilines is 1. The normalized spacial score (nSPS) is 19.9. The van der Waals surface area contributed by atoms with Crippen molar-refractivity contribution in [3.05, 3.63) is 53.3 Å². The van der Waals surface area contributed by atoms with Crippen molar-refractivity contribution in [2.45, 2.75) is 44.8 Å². The number of para-hydroxylation sites is 1. The highest BCUT2D eigenvalue weighted by Gasteiger charge is 2.24. The number of carbonyl (C=O) groups is 1. The largest absolute Gasteiger partial charge is 0.489 e. The second-order valence-corrected chi connectivity index (χ2v) is 6.66. The molecule has 25 heavy (non-hydrogen) atoms.